The molecule has 0 heterocycles. The highest BCUT2D eigenvalue weighted by molar-refractivity contribution is 6.30. The molecule has 0 aliphatic heterocycles. The van der Waals surface area contributed by atoms with Crippen LogP contribution in [0, 0.1) is 0 Å². The lowest BCUT2D eigenvalue weighted by molar-refractivity contribution is -0.146. The van der Waals surface area contributed by atoms with E-state index in [-0.39, 0.29) is 12.6 Å². The number of esters is 1. The van der Waals surface area contributed by atoms with Gasteiger partial charge in [0.2, 0.25) is 0 Å². The van der Waals surface area contributed by atoms with E-state index in [1.165, 1.54) is 38.5 Å². The minimum absolute atomic E-state index is 0.0569. The second-order valence-corrected chi connectivity index (χ2v) is 5.87. The zero-order valence-corrected chi connectivity index (χ0v) is 14.2. The molecule has 0 bridgehead atoms. The number of unbranched alkanes of at least 4 members (excludes halogenated alkanes) is 7. The zero-order valence-electron chi connectivity index (χ0n) is 13.5. The van der Waals surface area contributed by atoms with Gasteiger partial charge in [-0.2, -0.15) is 0 Å². The SMILES string of the molecule is CCCCCCCCCCOC(=O)COc1ccc(Cl)cc1. The maximum Gasteiger partial charge on any atom is 0.344 e. The number of hydrogen-bond acceptors (Lipinski definition) is 3. The summed E-state index contributed by atoms with van der Waals surface area (Å²) in [5.41, 5.74) is 0. The molecule has 1 aromatic rings. The number of carbonyl (C=O) groups excluding carboxylic acids is 1. The summed E-state index contributed by atoms with van der Waals surface area (Å²) in [5.74, 6) is 0.298. The van der Waals surface area contributed by atoms with E-state index in [2.05, 4.69) is 6.92 Å². The predicted octanol–water partition coefficient (Wildman–Crippen LogP) is 5.40. The molecule has 22 heavy (non-hydrogen) atoms. The third kappa shape index (κ3) is 9.67. The van der Waals surface area contributed by atoms with Gasteiger partial charge >= 0.3 is 5.97 Å². The van der Waals surface area contributed by atoms with Crippen molar-refractivity contribution in [3.63, 3.8) is 0 Å². The van der Waals surface area contributed by atoms with Crippen molar-refractivity contribution in [3.8, 4) is 5.75 Å². The van der Waals surface area contributed by atoms with Crippen molar-refractivity contribution >= 4 is 17.6 Å². The van der Waals surface area contributed by atoms with Crippen LogP contribution in [0.15, 0.2) is 24.3 Å². The van der Waals surface area contributed by atoms with Crippen LogP contribution in [0.3, 0.4) is 0 Å². The van der Waals surface area contributed by atoms with Crippen LogP contribution in [0.5, 0.6) is 5.75 Å². The molecule has 0 aromatic heterocycles. The van der Waals surface area contributed by atoms with Crippen LogP contribution in [0.4, 0.5) is 0 Å². The molecular weight excluding hydrogens is 300 g/mol. The fraction of sp³-hybridized carbons (Fsp3) is 0.611. The van der Waals surface area contributed by atoms with E-state index in [1.54, 1.807) is 24.3 Å². The predicted molar refractivity (Wildman–Crippen MR) is 90.5 cm³/mol. The molecular formula is C18H27ClO3. The van der Waals surface area contributed by atoms with E-state index >= 15 is 0 Å². The molecule has 0 amide bonds. The topological polar surface area (TPSA) is 35.5 Å². The van der Waals surface area contributed by atoms with Crippen molar-refractivity contribution in [2.24, 2.45) is 0 Å². The molecule has 0 saturated heterocycles. The number of carbonyl (C=O) groups is 1. The molecule has 1 aromatic carbocycles. The van der Waals surface area contributed by atoms with Gasteiger partial charge in [0.15, 0.2) is 6.61 Å². The molecule has 0 aliphatic carbocycles. The summed E-state index contributed by atoms with van der Waals surface area (Å²) in [6.07, 6.45) is 9.85. The van der Waals surface area contributed by atoms with Crippen LogP contribution in [-0.4, -0.2) is 19.2 Å². The molecule has 0 aliphatic rings. The van der Waals surface area contributed by atoms with Gasteiger partial charge in [-0.3, -0.25) is 0 Å². The minimum Gasteiger partial charge on any atom is -0.482 e. The van der Waals surface area contributed by atoms with E-state index in [4.69, 9.17) is 21.1 Å². The van der Waals surface area contributed by atoms with Gasteiger partial charge in [-0.25, -0.2) is 4.79 Å². The number of halogens is 1. The highest BCUT2D eigenvalue weighted by Crippen LogP contribution is 2.15. The van der Waals surface area contributed by atoms with Crippen molar-refractivity contribution in [1.29, 1.82) is 0 Å². The summed E-state index contributed by atoms with van der Waals surface area (Å²) in [5, 5.41) is 0.643. The normalized spacial score (nSPS) is 10.5. The summed E-state index contributed by atoms with van der Waals surface area (Å²) in [6.45, 7) is 2.65. The smallest absolute Gasteiger partial charge is 0.344 e. The first-order valence-corrected chi connectivity index (χ1v) is 8.64. The van der Waals surface area contributed by atoms with Gasteiger partial charge in [0.1, 0.15) is 5.75 Å². The lowest BCUT2D eigenvalue weighted by atomic mass is 10.1. The Hall–Kier alpha value is -1.22. The van der Waals surface area contributed by atoms with Gasteiger partial charge in [-0.1, -0.05) is 63.5 Å². The number of ether oxygens (including phenoxy) is 2. The molecule has 0 spiro atoms. The Bertz CT molecular complexity index is 403. The van der Waals surface area contributed by atoms with E-state index in [0.717, 1.165) is 12.8 Å². The lowest BCUT2D eigenvalue weighted by Gasteiger charge is -2.07. The molecule has 3 nitrogen and oxygen atoms in total. The lowest BCUT2D eigenvalue weighted by Crippen LogP contribution is -2.15. The van der Waals surface area contributed by atoms with Crippen LogP contribution >= 0.6 is 11.6 Å². The summed E-state index contributed by atoms with van der Waals surface area (Å²) >= 11 is 5.77. The molecule has 0 saturated carbocycles. The Morgan fingerprint density at radius 2 is 1.55 bits per heavy atom. The van der Waals surface area contributed by atoms with E-state index in [1.807, 2.05) is 0 Å². The summed E-state index contributed by atoms with van der Waals surface area (Å²) in [4.78, 5) is 11.5. The van der Waals surface area contributed by atoms with Crippen LogP contribution < -0.4 is 4.74 Å². The van der Waals surface area contributed by atoms with Crippen LogP contribution in [0.1, 0.15) is 58.3 Å². The van der Waals surface area contributed by atoms with Crippen LogP contribution in [-0.2, 0) is 9.53 Å². The van der Waals surface area contributed by atoms with Gasteiger partial charge in [0.25, 0.3) is 0 Å². The third-order valence-corrected chi connectivity index (χ3v) is 3.68. The molecule has 0 N–H and O–H groups in total. The summed E-state index contributed by atoms with van der Waals surface area (Å²) in [7, 11) is 0. The molecule has 0 atom stereocenters. The molecule has 0 fully saturated rings. The highest BCUT2D eigenvalue weighted by Gasteiger charge is 2.04. The van der Waals surface area contributed by atoms with E-state index in [9.17, 15) is 4.79 Å². The van der Waals surface area contributed by atoms with Gasteiger partial charge in [-0.05, 0) is 30.7 Å². The fourth-order valence-electron chi connectivity index (χ4n) is 2.14. The van der Waals surface area contributed by atoms with Gasteiger partial charge in [0.05, 0.1) is 6.61 Å². The Morgan fingerprint density at radius 3 is 2.18 bits per heavy atom. The summed E-state index contributed by atoms with van der Waals surface area (Å²) in [6, 6.07) is 6.91. The van der Waals surface area contributed by atoms with Crippen LogP contribution in [0.25, 0.3) is 0 Å². The number of benzene rings is 1. The average molecular weight is 327 g/mol. The number of rotatable bonds is 12. The van der Waals surface area contributed by atoms with E-state index < -0.39 is 0 Å². The van der Waals surface area contributed by atoms with Crippen molar-refractivity contribution in [1.82, 2.24) is 0 Å². The zero-order chi connectivity index (χ0) is 16.0. The Balaban J connectivity index is 1.94. The van der Waals surface area contributed by atoms with Gasteiger partial charge < -0.3 is 9.47 Å². The molecule has 4 heteroatoms. The minimum atomic E-state index is -0.321. The molecule has 1 rings (SSSR count). The van der Waals surface area contributed by atoms with Crippen molar-refractivity contribution in [2.75, 3.05) is 13.2 Å². The highest BCUT2D eigenvalue weighted by atomic mass is 35.5. The first-order chi connectivity index (χ1) is 10.7. The molecule has 124 valence electrons. The first kappa shape index (κ1) is 18.8. The monoisotopic (exact) mass is 326 g/mol. The van der Waals surface area contributed by atoms with Crippen molar-refractivity contribution in [2.45, 2.75) is 58.3 Å². The summed E-state index contributed by atoms with van der Waals surface area (Å²) < 4.78 is 10.5. The average Bonchev–Trinajstić information content (AvgIpc) is 2.53. The second kappa shape index (κ2) is 12.3. The number of hydrogen-bond donors (Lipinski definition) is 0. The van der Waals surface area contributed by atoms with Crippen LogP contribution in [0.2, 0.25) is 5.02 Å². The maximum absolute atomic E-state index is 11.5. The van der Waals surface area contributed by atoms with E-state index in [0.29, 0.717) is 17.4 Å². The largest absolute Gasteiger partial charge is 0.482 e. The van der Waals surface area contributed by atoms with Gasteiger partial charge in [-0.15, -0.1) is 0 Å². The Morgan fingerprint density at radius 1 is 0.955 bits per heavy atom. The standard InChI is InChI=1S/C18H27ClO3/c1-2-3-4-5-6-7-8-9-14-21-18(20)15-22-17-12-10-16(19)11-13-17/h10-13H,2-9,14-15H2,1H3. The third-order valence-electron chi connectivity index (χ3n) is 3.43. The molecule has 0 unspecified atom stereocenters. The maximum atomic E-state index is 11.5. The Labute approximate surface area is 139 Å². The first-order valence-electron chi connectivity index (χ1n) is 8.26. The second-order valence-electron chi connectivity index (χ2n) is 5.44. The Kier molecular flexibility index (Phi) is 10.6. The fourth-order valence-corrected chi connectivity index (χ4v) is 2.26. The quantitative estimate of drug-likeness (QED) is 0.381. The van der Waals surface area contributed by atoms with Gasteiger partial charge in [0, 0.05) is 5.02 Å². The van der Waals surface area contributed by atoms with Crippen molar-refractivity contribution in [3.05, 3.63) is 29.3 Å². The van der Waals surface area contributed by atoms with Crippen molar-refractivity contribution < 1.29 is 14.3 Å². The molecule has 0 radical (unpaired) electrons.